The van der Waals surface area contributed by atoms with Crippen LogP contribution in [0, 0.1) is 6.92 Å². The number of carbonyl (C=O) groups excluding carboxylic acids is 1. The Balaban J connectivity index is 1.71. The van der Waals surface area contributed by atoms with Crippen molar-refractivity contribution in [3.63, 3.8) is 0 Å². The number of hydrogen-bond acceptors (Lipinski definition) is 6. The zero-order valence-electron chi connectivity index (χ0n) is 19.3. The van der Waals surface area contributed by atoms with E-state index in [-0.39, 0.29) is 18.0 Å². The summed E-state index contributed by atoms with van der Waals surface area (Å²) in [7, 11) is 5.07. The number of hydrogen-bond donors (Lipinski definition) is 1. The van der Waals surface area contributed by atoms with Gasteiger partial charge in [-0.05, 0) is 14.0 Å². The normalized spacial score (nSPS) is 13.3. The van der Waals surface area contributed by atoms with E-state index in [1.165, 1.54) is 4.57 Å². The van der Waals surface area contributed by atoms with E-state index in [9.17, 15) is 9.59 Å². The first kappa shape index (κ1) is 22.5. The molecule has 0 atom stereocenters. The van der Waals surface area contributed by atoms with Crippen LogP contribution in [-0.4, -0.2) is 48.2 Å². The van der Waals surface area contributed by atoms with Gasteiger partial charge < -0.3 is 19.7 Å². The summed E-state index contributed by atoms with van der Waals surface area (Å²) in [5, 5.41) is 2.85. The Hall–Kier alpha value is -3.65. The van der Waals surface area contributed by atoms with Crippen molar-refractivity contribution in [1.82, 2.24) is 14.5 Å². The summed E-state index contributed by atoms with van der Waals surface area (Å²) in [5.74, 6) is 1.27. The van der Waals surface area contributed by atoms with Gasteiger partial charge in [0.05, 0.1) is 25.5 Å². The standard InChI is InChI=1S/C25H28N4O4/c1-16-5-7-17(8-6-16)24-27-22-9-10-28(2)14-21(22)25(31)29(24)15-23(30)26-18-11-19(32-3)13-20(12-18)33-4/h5-8,11-13H,9-10,14-15H2,1-4H3,(H,26,30). The molecule has 0 spiro atoms. The second kappa shape index (κ2) is 9.46. The molecule has 8 heteroatoms. The van der Waals surface area contributed by atoms with Crippen molar-refractivity contribution in [2.24, 2.45) is 0 Å². The Kier molecular flexibility index (Phi) is 6.46. The Morgan fingerprint density at radius 1 is 1.09 bits per heavy atom. The lowest BCUT2D eigenvalue weighted by molar-refractivity contribution is -0.116. The first-order chi connectivity index (χ1) is 15.9. The number of nitrogens with one attached hydrogen (secondary N) is 1. The zero-order chi connectivity index (χ0) is 23.5. The van der Waals surface area contributed by atoms with Crippen LogP contribution < -0.4 is 20.3 Å². The molecular weight excluding hydrogens is 420 g/mol. The predicted octanol–water partition coefficient (Wildman–Crippen LogP) is 2.86. The summed E-state index contributed by atoms with van der Waals surface area (Å²) < 4.78 is 12.0. The van der Waals surface area contributed by atoms with Gasteiger partial charge in [0.2, 0.25) is 5.91 Å². The van der Waals surface area contributed by atoms with Gasteiger partial charge in [-0.2, -0.15) is 0 Å². The van der Waals surface area contributed by atoms with Crippen LogP contribution in [0.15, 0.2) is 47.3 Å². The van der Waals surface area contributed by atoms with Crippen LogP contribution in [-0.2, 0) is 24.3 Å². The molecule has 1 amide bonds. The molecule has 0 fully saturated rings. The van der Waals surface area contributed by atoms with Crippen molar-refractivity contribution in [3.05, 3.63) is 69.6 Å². The molecule has 0 aliphatic carbocycles. The number of carbonyl (C=O) groups is 1. The first-order valence-corrected chi connectivity index (χ1v) is 10.8. The highest BCUT2D eigenvalue weighted by molar-refractivity contribution is 5.91. The van der Waals surface area contributed by atoms with Gasteiger partial charge in [-0.1, -0.05) is 29.8 Å². The molecule has 8 nitrogen and oxygen atoms in total. The number of benzene rings is 2. The summed E-state index contributed by atoms with van der Waals surface area (Å²) in [5.41, 5.74) is 3.71. The zero-order valence-corrected chi connectivity index (χ0v) is 19.3. The van der Waals surface area contributed by atoms with Gasteiger partial charge in [0.15, 0.2) is 0 Å². The number of aryl methyl sites for hydroxylation is 1. The van der Waals surface area contributed by atoms with Crippen LogP contribution in [0.25, 0.3) is 11.4 Å². The summed E-state index contributed by atoms with van der Waals surface area (Å²) in [6, 6.07) is 12.9. The highest BCUT2D eigenvalue weighted by Crippen LogP contribution is 2.26. The fraction of sp³-hybridized carbons (Fsp3) is 0.320. The molecule has 1 aliphatic heterocycles. The molecule has 1 N–H and O–H groups in total. The number of rotatable bonds is 6. The molecule has 0 unspecified atom stereocenters. The third kappa shape index (κ3) is 4.90. The van der Waals surface area contributed by atoms with Gasteiger partial charge in [0.25, 0.3) is 5.56 Å². The highest BCUT2D eigenvalue weighted by Gasteiger charge is 2.23. The minimum absolute atomic E-state index is 0.161. The Morgan fingerprint density at radius 2 is 1.76 bits per heavy atom. The first-order valence-electron chi connectivity index (χ1n) is 10.8. The van der Waals surface area contributed by atoms with Crippen LogP contribution >= 0.6 is 0 Å². The van der Waals surface area contributed by atoms with Crippen LogP contribution in [0.5, 0.6) is 11.5 Å². The van der Waals surface area contributed by atoms with Crippen molar-refractivity contribution in [2.45, 2.75) is 26.4 Å². The van der Waals surface area contributed by atoms with Gasteiger partial charge in [-0.25, -0.2) is 4.98 Å². The summed E-state index contributed by atoms with van der Waals surface area (Å²) in [6.45, 7) is 3.20. The Morgan fingerprint density at radius 3 is 2.39 bits per heavy atom. The highest BCUT2D eigenvalue weighted by atomic mass is 16.5. The number of aromatic nitrogens is 2. The molecule has 3 aromatic rings. The molecule has 2 aromatic carbocycles. The number of fused-ring (bicyclic) bond motifs is 1. The number of anilines is 1. The van der Waals surface area contributed by atoms with E-state index < -0.39 is 0 Å². The van der Waals surface area contributed by atoms with Gasteiger partial charge in [-0.15, -0.1) is 0 Å². The number of amides is 1. The van der Waals surface area contributed by atoms with Gasteiger partial charge in [-0.3, -0.25) is 14.2 Å². The smallest absolute Gasteiger partial charge is 0.259 e. The van der Waals surface area contributed by atoms with Crippen LogP contribution in [0.2, 0.25) is 0 Å². The van der Waals surface area contributed by atoms with Crippen molar-refractivity contribution < 1.29 is 14.3 Å². The fourth-order valence-corrected chi connectivity index (χ4v) is 3.94. The van der Waals surface area contributed by atoms with E-state index >= 15 is 0 Å². The maximum absolute atomic E-state index is 13.5. The van der Waals surface area contributed by atoms with Crippen molar-refractivity contribution in [2.75, 3.05) is 33.1 Å². The third-order valence-corrected chi connectivity index (χ3v) is 5.75. The van der Waals surface area contributed by atoms with Crippen molar-refractivity contribution in [1.29, 1.82) is 0 Å². The number of methoxy groups -OCH3 is 2. The molecular formula is C25H28N4O4. The van der Waals surface area contributed by atoms with E-state index in [0.717, 1.165) is 23.4 Å². The Labute approximate surface area is 192 Å². The maximum Gasteiger partial charge on any atom is 0.259 e. The molecule has 2 heterocycles. The van der Waals surface area contributed by atoms with Gasteiger partial charge >= 0.3 is 0 Å². The van der Waals surface area contributed by atoms with Crippen LogP contribution in [0.1, 0.15) is 16.8 Å². The molecule has 172 valence electrons. The SMILES string of the molecule is COc1cc(NC(=O)Cn2c(-c3ccc(C)cc3)nc3c(c2=O)CN(C)CC3)cc(OC)c1. The molecule has 1 aliphatic rings. The van der Waals surface area contributed by atoms with Crippen LogP contribution in [0.3, 0.4) is 0 Å². The lowest BCUT2D eigenvalue weighted by Gasteiger charge is -2.25. The molecule has 0 saturated heterocycles. The lowest BCUT2D eigenvalue weighted by atomic mass is 10.1. The fourth-order valence-electron chi connectivity index (χ4n) is 3.94. The minimum Gasteiger partial charge on any atom is -0.497 e. The predicted molar refractivity (Wildman–Crippen MR) is 127 cm³/mol. The largest absolute Gasteiger partial charge is 0.497 e. The molecule has 0 saturated carbocycles. The summed E-state index contributed by atoms with van der Waals surface area (Å²) in [6.07, 6.45) is 0.705. The average Bonchev–Trinajstić information content (AvgIpc) is 2.81. The minimum atomic E-state index is -0.341. The van der Waals surface area contributed by atoms with E-state index in [2.05, 4.69) is 10.2 Å². The van der Waals surface area contributed by atoms with Gasteiger partial charge in [0, 0.05) is 49.0 Å². The van der Waals surface area contributed by atoms with Crippen molar-refractivity contribution in [3.8, 4) is 22.9 Å². The van der Waals surface area contributed by atoms with E-state index in [1.807, 2.05) is 38.2 Å². The lowest BCUT2D eigenvalue weighted by Crippen LogP contribution is -2.38. The number of likely N-dealkylation sites (N-methyl/N-ethyl adjacent to an activating group) is 1. The van der Waals surface area contributed by atoms with E-state index in [0.29, 0.717) is 41.5 Å². The second-order valence-corrected chi connectivity index (χ2v) is 8.26. The molecule has 4 rings (SSSR count). The summed E-state index contributed by atoms with van der Waals surface area (Å²) >= 11 is 0. The topological polar surface area (TPSA) is 85.7 Å². The number of nitrogens with zero attached hydrogens (tertiary/aromatic N) is 3. The van der Waals surface area contributed by atoms with Crippen molar-refractivity contribution >= 4 is 11.6 Å². The Bertz CT molecular complexity index is 1210. The van der Waals surface area contributed by atoms with Crippen LogP contribution in [0.4, 0.5) is 5.69 Å². The molecule has 33 heavy (non-hydrogen) atoms. The quantitative estimate of drug-likeness (QED) is 0.624. The number of ether oxygens (including phenoxy) is 2. The molecule has 0 bridgehead atoms. The van der Waals surface area contributed by atoms with Gasteiger partial charge in [0.1, 0.15) is 23.9 Å². The molecule has 0 radical (unpaired) electrons. The maximum atomic E-state index is 13.5. The average molecular weight is 449 g/mol. The molecule has 1 aromatic heterocycles. The second-order valence-electron chi connectivity index (χ2n) is 8.26. The summed E-state index contributed by atoms with van der Waals surface area (Å²) in [4.78, 5) is 33.4. The van der Waals surface area contributed by atoms with E-state index in [4.69, 9.17) is 14.5 Å². The van der Waals surface area contributed by atoms with E-state index in [1.54, 1.807) is 32.4 Å². The third-order valence-electron chi connectivity index (χ3n) is 5.75. The monoisotopic (exact) mass is 448 g/mol.